The van der Waals surface area contributed by atoms with Crippen LogP contribution in [-0.4, -0.2) is 5.71 Å². The van der Waals surface area contributed by atoms with E-state index >= 15 is 0 Å². The highest BCUT2D eigenvalue weighted by Gasteiger charge is 2.17. The van der Waals surface area contributed by atoms with Crippen molar-refractivity contribution in [3.8, 4) is 0 Å². The van der Waals surface area contributed by atoms with E-state index in [1.807, 2.05) is 0 Å². The smallest absolute Gasteiger partial charge is 0.0394 e. The van der Waals surface area contributed by atoms with Gasteiger partial charge in [-0.3, -0.25) is 0 Å². The average molecular weight is 159 g/mol. The highest BCUT2D eigenvalue weighted by Crippen LogP contribution is 2.26. The SMILES string of the molecule is Cc1cc(C)c2c(c1)CCC2=N. The van der Waals surface area contributed by atoms with Crippen LogP contribution in [0.1, 0.15) is 28.7 Å². The van der Waals surface area contributed by atoms with Gasteiger partial charge >= 0.3 is 0 Å². The summed E-state index contributed by atoms with van der Waals surface area (Å²) < 4.78 is 0. The maximum absolute atomic E-state index is 7.74. The van der Waals surface area contributed by atoms with E-state index in [9.17, 15) is 0 Å². The molecule has 0 aromatic heterocycles. The van der Waals surface area contributed by atoms with Gasteiger partial charge in [0.2, 0.25) is 0 Å². The normalized spacial score (nSPS) is 15.0. The molecular formula is C11H13N. The lowest BCUT2D eigenvalue weighted by Crippen LogP contribution is -1.95. The minimum Gasteiger partial charge on any atom is -0.305 e. The molecule has 1 heteroatoms. The lowest BCUT2D eigenvalue weighted by atomic mass is 10.0. The Labute approximate surface area is 72.9 Å². The molecule has 0 atom stereocenters. The Morgan fingerprint density at radius 2 is 1.92 bits per heavy atom. The van der Waals surface area contributed by atoms with Crippen LogP contribution in [-0.2, 0) is 6.42 Å². The van der Waals surface area contributed by atoms with Crippen molar-refractivity contribution in [1.82, 2.24) is 0 Å². The van der Waals surface area contributed by atoms with E-state index in [-0.39, 0.29) is 0 Å². The number of fused-ring (bicyclic) bond motifs is 1. The number of benzene rings is 1. The van der Waals surface area contributed by atoms with Gasteiger partial charge in [-0.15, -0.1) is 0 Å². The number of nitrogens with one attached hydrogen (secondary N) is 1. The Bertz CT molecular complexity index is 350. The zero-order chi connectivity index (χ0) is 8.72. The second kappa shape index (κ2) is 2.44. The van der Waals surface area contributed by atoms with E-state index in [0.717, 1.165) is 18.6 Å². The molecule has 0 unspecified atom stereocenters. The maximum atomic E-state index is 7.74. The summed E-state index contributed by atoms with van der Waals surface area (Å²) in [4.78, 5) is 0. The summed E-state index contributed by atoms with van der Waals surface area (Å²) in [5.74, 6) is 0. The molecule has 12 heavy (non-hydrogen) atoms. The largest absolute Gasteiger partial charge is 0.305 e. The zero-order valence-electron chi connectivity index (χ0n) is 7.57. The van der Waals surface area contributed by atoms with Crippen molar-refractivity contribution in [2.24, 2.45) is 0 Å². The number of aryl methyl sites for hydroxylation is 3. The summed E-state index contributed by atoms with van der Waals surface area (Å²) in [5, 5.41) is 7.74. The summed E-state index contributed by atoms with van der Waals surface area (Å²) >= 11 is 0. The summed E-state index contributed by atoms with van der Waals surface area (Å²) in [6.45, 7) is 4.22. The van der Waals surface area contributed by atoms with Crippen molar-refractivity contribution in [3.05, 3.63) is 34.4 Å². The van der Waals surface area contributed by atoms with Crippen molar-refractivity contribution in [2.45, 2.75) is 26.7 Å². The topological polar surface area (TPSA) is 23.9 Å². The summed E-state index contributed by atoms with van der Waals surface area (Å²) in [6, 6.07) is 4.38. The van der Waals surface area contributed by atoms with Crippen molar-refractivity contribution in [3.63, 3.8) is 0 Å². The standard InChI is InChI=1S/C11H13N/c1-7-5-8(2)11-9(6-7)3-4-10(11)12/h5-6,12H,3-4H2,1-2H3. The van der Waals surface area contributed by atoms with Gasteiger partial charge in [0.25, 0.3) is 0 Å². The van der Waals surface area contributed by atoms with Crippen LogP contribution in [0, 0.1) is 19.3 Å². The molecule has 1 aromatic carbocycles. The molecule has 0 saturated heterocycles. The first-order chi connectivity index (χ1) is 5.68. The Balaban J connectivity index is 2.68. The lowest BCUT2D eigenvalue weighted by molar-refractivity contribution is 1.08. The molecule has 1 aliphatic rings. The quantitative estimate of drug-likeness (QED) is 0.601. The Kier molecular flexibility index (Phi) is 1.53. The lowest BCUT2D eigenvalue weighted by Gasteiger charge is -2.04. The first kappa shape index (κ1) is 7.53. The summed E-state index contributed by atoms with van der Waals surface area (Å²) in [5.41, 5.74) is 5.99. The molecule has 0 amide bonds. The van der Waals surface area contributed by atoms with Crippen LogP contribution in [0.4, 0.5) is 0 Å². The zero-order valence-corrected chi connectivity index (χ0v) is 7.57. The molecule has 0 saturated carbocycles. The first-order valence-corrected chi connectivity index (χ1v) is 4.36. The van der Waals surface area contributed by atoms with Crippen molar-refractivity contribution in [2.75, 3.05) is 0 Å². The second-order valence-corrected chi connectivity index (χ2v) is 3.59. The van der Waals surface area contributed by atoms with Gasteiger partial charge in [-0.05, 0) is 37.8 Å². The van der Waals surface area contributed by atoms with Crippen LogP contribution in [0.15, 0.2) is 12.1 Å². The Morgan fingerprint density at radius 3 is 2.67 bits per heavy atom. The van der Waals surface area contributed by atoms with E-state index < -0.39 is 0 Å². The highest BCUT2D eigenvalue weighted by atomic mass is 14.4. The molecule has 1 aromatic rings. The molecule has 0 bridgehead atoms. The fraction of sp³-hybridized carbons (Fsp3) is 0.364. The second-order valence-electron chi connectivity index (χ2n) is 3.59. The summed E-state index contributed by atoms with van der Waals surface area (Å²) in [7, 11) is 0. The molecule has 0 radical (unpaired) electrons. The predicted octanol–water partition coefficient (Wildman–Crippen LogP) is 2.62. The van der Waals surface area contributed by atoms with Gasteiger partial charge in [0, 0.05) is 11.3 Å². The monoisotopic (exact) mass is 159 g/mol. The van der Waals surface area contributed by atoms with Gasteiger partial charge < -0.3 is 5.41 Å². The van der Waals surface area contributed by atoms with Gasteiger partial charge in [0.05, 0.1) is 0 Å². The van der Waals surface area contributed by atoms with Gasteiger partial charge in [-0.25, -0.2) is 0 Å². The molecule has 1 aliphatic carbocycles. The van der Waals surface area contributed by atoms with Crippen molar-refractivity contribution >= 4 is 5.71 Å². The van der Waals surface area contributed by atoms with E-state index in [0.29, 0.717) is 0 Å². The van der Waals surface area contributed by atoms with Gasteiger partial charge in [0.15, 0.2) is 0 Å². The van der Waals surface area contributed by atoms with Gasteiger partial charge in [0.1, 0.15) is 0 Å². The van der Waals surface area contributed by atoms with Crippen molar-refractivity contribution in [1.29, 1.82) is 5.41 Å². The molecule has 62 valence electrons. The van der Waals surface area contributed by atoms with E-state index in [4.69, 9.17) is 5.41 Å². The highest BCUT2D eigenvalue weighted by molar-refractivity contribution is 6.03. The fourth-order valence-corrected chi connectivity index (χ4v) is 2.07. The molecular weight excluding hydrogens is 146 g/mol. The third-order valence-electron chi connectivity index (χ3n) is 2.51. The predicted molar refractivity (Wildman–Crippen MR) is 51.1 cm³/mol. The summed E-state index contributed by atoms with van der Waals surface area (Å²) in [6.07, 6.45) is 2.00. The van der Waals surface area contributed by atoms with Crippen LogP contribution >= 0.6 is 0 Å². The molecule has 2 rings (SSSR count). The van der Waals surface area contributed by atoms with E-state index in [1.165, 1.54) is 22.3 Å². The van der Waals surface area contributed by atoms with Crippen LogP contribution in [0.25, 0.3) is 0 Å². The first-order valence-electron chi connectivity index (χ1n) is 4.36. The van der Waals surface area contributed by atoms with Crippen LogP contribution in [0.2, 0.25) is 0 Å². The van der Waals surface area contributed by atoms with Crippen LogP contribution in [0.5, 0.6) is 0 Å². The minimum atomic E-state index is 0.822. The van der Waals surface area contributed by atoms with E-state index in [2.05, 4.69) is 26.0 Å². The number of hydrogen-bond acceptors (Lipinski definition) is 1. The van der Waals surface area contributed by atoms with Crippen molar-refractivity contribution < 1.29 is 0 Å². The Hall–Kier alpha value is -1.11. The average Bonchev–Trinajstić information content (AvgIpc) is 2.31. The van der Waals surface area contributed by atoms with Gasteiger partial charge in [-0.1, -0.05) is 17.7 Å². The molecule has 0 heterocycles. The Morgan fingerprint density at radius 1 is 1.17 bits per heavy atom. The third-order valence-corrected chi connectivity index (χ3v) is 2.51. The maximum Gasteiger partial charge on any atom is 0.0394 e. The van der Waals surface area contributed by atoms with Gasteiger partial charge in [-0.2, -0.15) is 0 Å². The van der Waals surface area contributed by atoms with Crippen LogP contribution in [0.3, 0.4) is 0 Å². The van der Waals surface area contributed by atoms with E-state index in [1.54, 1.807) is 0 Å². The molecule has 0 spiro atoms. The molecule has 0 fully saturated rings. The number of rotatable bonds is 0. The third kappa shape index (κ3) is 0.970. The fourth-order valence-electron chi connectivity index (χ4n) is 2.07. The molecule has 1 nitrogen and oxygen atoms in total. The molecule has 0 aliphatic heterocycles. The van der Waals surface area contributed by atoms with Crippen LogP contribution < -0.4 is 0 Å². The number of hydrogen-bond donors (Lipinski definition) is 1. The molecule has 1 N–H and O–H groups in total. The minimum absolute atomic E-state index is 0.822.